The molecular weight excluding hydrogens is 421 g/mol. The molecule has 1 atom stereocenters. The molecule has 1 unspecified atom stereocenters. The van der Waals surface area contributed by atoms with Gasteiger partial charge in [0.15, 0.2) is 5.66 Å². The van der Waals surface area contributed by atoms with Crippen LogP contribution in [0.5, 0.6) is 5.75 Å². The Kier molecular flexibility index (Phi) is 5.90. The lowest BCUT2D eigenvalue weighted by Gasteiger charge is -2.37. The Bertz CT molecular complexity index is 1040. The van der Waals surface area contributed by atoms with Crippen molar-refractivity contribution >= 4 is 16.1 Å². The number of carbonyl (C=O) groups excluding carboxylic acids is 1. The first-order valence-electron chi connectivity index (χ1n) is 10.2. The first-order valence-corrected chi connectivity index (χ1v) is 11.9. The molecule has 166 valence electrons. The van der Waals surface area contributed by atoms with E-state index in [1.54, 1.807) is 7.11 Å². The van der Waals surface area contributed by atoms with Gasteiger partial charge in [0, 0.05) is 6.54 Å². The summed E-state index contributed by atoms with van der Waals surface area (Å²) in [6.45, 7) is 0.258. The average molecular weight is 448 g/mol. The van der Waals surface area contributed by atoms with Crippen molar-refractivity contribution in [2.75, 3.05) is 26.2 Å². The van der Waals surface area contributed by atoms with E-state index in [1.807, 2.05) is 48.5 Å². The number of methoxy groups -OCH3 is 1. The first kappa shape index (κ1) is 21.6. The summed E-state index contributed by atoms with van der Waals surface area (Å²) >= 11 is 0. The number of hydrogen-bond donors (Lipinski definition) is 2. The van der Waals surface area contributed by atoms with Gasteiger partial charge in [-0.25, -0.2) is 17.6 Å². The van der Waals surface area contributed by atoms with Gasteiger partial charge in [-0.3, -0.25) is 4.90 Å². The predicted octanol–water partition coefficient (Wildman–Crippen LogP) is 2.84. The number of nitrogens with one attached hydrogen (secondary N) is 2. The zero-order valence-corrected chi connectivity index (χ0v) is 18.1. The summed E-state index contributed by atoms with van der Waals surface area (Å²) in [6.07, 6.45) is 2.79. The maximum Gasteiger partial charge on any atom is 0.319 e. The number of benzene rings is 2. The van der Waals surface area contributed by atoms with Gasteiger partial charge < -0.3 is 10.1 Å². The van der Waals surface area contributed by atoms with Crippen molar-refractivity contribution in [3.8, 4) is 5.75 Å². The average Bonchev–Trinajstić information content (AvgIpc) is 3.59. The zero-order chi connectivity index (χ0) is 22.1. The fraction of sp³-hybridized carbons (Fsp3) is 0.409. The number of amides is 2. The standard InChI is InChI=1S/C22H26FN3O4S/c1-30-20-10-2-16(3-11-20)12-13-26-21(27)24-14-22(26,25-31(28,29)15-23)19-8-6-18(7-9-19)17-4-5-17/h2-3,6-11,17,25H,4-5,12-15H2,1H3,(H,24,27). The molecule has 7 nitrogen and oxygen atoms in total. The summed E-state index contributed by atoms with van der Waals surface area (Å²) < 4.78 is 45.4. The molecule has 2 amide bonds. The van der Waals surface area contributed by atoms with Crippen LogP contribution >= 0.6 is 0 Å². The molecule has 0 aromatic heterocycles. The summed E-state index contributed by atoms with van der Waals surface area (Å²) in [6, 6.07) is 13.1. The number of rotatable bonds is 9. The third-order valence-electron chi connectivity index (χ3n) is 5.89. The molecule has 2 aliphatic rings. The van der Waals surface area contributed by atoms with E-state index in [4.69, 9.17) is 4.74 Å². The van der Waals surface area contributed by atoms with Crippen molar-refractivity contribution in [1.29, 1.82) is 0 Å². The van der Waals surface area contributed by atoms with Gasteiger partial charge >= 0.3 is 6.03 Å². The second-order valence-corrected chi connectivity index (χ2v) is 9.64. The van der Waals surface area contributed by atoms with Crippen molar-refractivity contribution in [3.63, 3.8) is 0 Å². The van der Waals surface area contributed by atoms with Crippen molar-refractivity contribution in [3.05, 3.63) is 65.2 Å². The minimum atomic E-state index is -4.24. The highest BCUT2D eigenvalue weighted by Crippen LogP contribution is 2.41. The monoisotopic (exact) mass is 447 g/mol. The quantitative estimate of drug-likeness (QED) is 0.619. The maximum absolute atomic E-state index is 13.2. The van der Waals surface area contributed by atoms with Crippen LogP contribution in [-0.2, 0) is 22.1 Å². The summed E-state index contributed by atoms with van der Waals surface area (Å²) in [5.74, 6) is 1.27. The molecule has 2 N–H and O–H groups in total. The number of alkyl halides is 1. The highest BCUT2D eigenvalue weighted by atomic mass is 32.2. The Morgan fingerprint density at radius 1 is 1.16 bits per heavy atom. The van der Waals surface area contributed by atoms with Gasteiger partial charge in [0.25, 0.3) is 0 Å². The van der Waals surface area contributed by atoms with Gasteiger partial charge in [0.05, 0.1) is 13.7 Å². The zero-order valence-electron chi connectivity index (χ0n) is 17.3. The Labute approximate surface area is 181 Å². The van der Waals surface area contributed by atoms with Gasteiger partial charge in [0.2, 0.25) is 16.0 Å². The highest BCUT2D eigenvalue weighted by molar-refractivity contribution is 7.89. The third kappa shape index (κ3) is 4.52. The normalized spacial score (nSPS) is 21.2. The van der Waals surface area contributed by atoms with Crippen molar-refractivity contribution in [2.24, 2.45) is 0 Å². The molecule has 2 fully saturated rings. The van der Waals surface area contributed by atoms with Crippen LogP contribution in [0.2, 0.25) is 0 Å². The molecule has 0 spiro atoms. The number of hydrogen-bond acceptors (Lipinski definition) is 4. The van der Waals surface area contributed by atoms with Gasteiger partial charge in [-0.1, -0.05) is 36.4 Å². The van der Waals surface area contributed by atoms with Crippen LogP contribution in [0.15, 0.2) is 48.5 Å². The molecule has 2 aromatic carbocycles. The molecule has 1 heterocycles. The van der Waals surface area contributed by atoms with E-state index in [-0.39, 0.29) is 13.1 Å². The van der Waals surface area contributed by atoms with E-state index in [1.165, 1.54) is 10.5 Å². The molecule has 4 rings (SSSR count). The van der Waals surface area contributed by atoms with E-state index in [0.29, 0.717) is 17.9 Å². The molecule has 2 aromatic rings. The van der Waals surface area contributed by atoms with E-state index in [2.05, 4.69) is 10.0 Å². The largest absolute Gasteiger partial charge is 0.497 e. The van der Waals surface area contributed by atoms with Crippen LogP contribution in [-0.4, -0.2) is 45.6 Å². The topological polar surface area (TPSA) is 87.7 Å². The Hall–Kier alpha value is -2.65. The van der Waals surface area contributed by atoms with Crippen LogP contribution in [0, 0.1) is 0 Å². The fourth-order valence-corrected chi connectivity index (χ4v) is 4.90. The molecule has 9 heteroatoms. The van der Waals surface area contributed by atoms with Gasteiger partial charge in [-0.05, 0) is 54.0 Å². The number of carbonyl (C=O) groups is 1. The highest BCUT2D eigenvalue weighted by Gasteiger charge is 2.49. The number of nitrogens with zero attached hydrogens (tertiary/aromatic N) is 1. The van der Waals surface area contributed by atoms with Crippen molar-refractivity contribution < 1.29 is 22.3 Å². The van der Waals surface area contributed by atoms with E-state index in [9.17, 15) is 17.6 Å². The van der Waals surface area contributed by atoms with E-state index in [0.717, 1.165) is 24.2 Å². The molecule has 0 bridgehead atoms. The molecule has 31 heavy (non-hydrogen) atoms. The summed E-state index contributed by atoms with van der Waals surface area (Å²) in [4.78, 5) is 14.2. The van der Waals surface area contributed by atoms with Gasteiger partial charge in [0.1, 0.15) is 5.75 Å². The minimum Gasteiger partial charge on any atom is -0.497 e. The SMILES string of the molecule is COc1ccc(CCN2C(=O)NCC2(NS(=O)(=O)CF)c2ccc(C3CC3)cc2)cc1. The van der Waals surface area contributed by atoms with Crippen molar-refractivity contribution in [2.45, 2.75) is 30.8 Å². The van der Waals surface area contributed by atoms with E-state index >= 15 is 0 Å². The summed E-state index contributed by atoms with van der Waals surface area (Å²) in [5.41, 5.74) is 1.36. The van der Waals surface area contributed by atoms with Gasteiger partial charge in [-0.2, -0.15) is 4.72 Å². The van der Waals surface area contributed by atoms with Crippen LogP contribution in [0.3, 0.4) is 0 Å². The number of ether oxygens (including phenoxy) is 1. The lowest BCUT2D eigenvalue weighted by molar-refractivity contribution is 0.146. The number of halogens is 1. The Morgan fingerprint density at radius 2 is 1.84 bits per heavy atom. The smallest absolute Gasteiger partial charge is 0.319 e. The van der Waals surface area contributed by atoms with Crippen LogP contribution in [0.25, 0.3) is 0 Å². The van der Waals surface area contributed by atoms with Crippen LogP contribution in [0.1, 0.15) is 35.4 Å². The minimum absolute atomic E-state index is 0.0104. The fourth-order valence-electron chi connectivity index (χ4n) is 4.03. The predicted molar refractivity (Wildman–Crippen MR) is 115 cm³/mol. The van der Waals surface area contributed by atoms with Crippen LogP contribution < -0.4 is 14.8 Å². The van der Waals surface area contributed by atoms with Crippen LogP contribution in [0.4, 0.5) is 9.18 Å². The lowest BCUT2D eigenvalue weighted by Crippen LogP contribution is -2.57. The Balaban J connectivity index is 1.64. The number of urea groups is 1. The summed E-state index contributed by atoms with van der Waals surface area (Å²) in [7, 11) is -2.65. The lowest BCUT2D eigenvalue weighted by atomic mass is 9.97. The third-order valence-corrected chi connectivity index (χ3v) is 6.83. The maximum atomic E-state index is 13.2. The molecule has 1 aliphatic carbocycles. The molecule has 1 saturated heterocycles. The Morgan fingerprint density at radius 3 is 2.42 bits per heavy atom. The molecule has 1 saturated carbocycles. The van der Waals surface area contributed by atoms with Gasteiger partial charge in [-0.15, -0.1) is 0 Å². The molecular formula is C22H26FN3O4S. The second-order valence-electron chi connectivity index (χ2n) is 7.99. The number of sulfonamides is 1. The second kappa shape index (κ2) is 8.47. The van der Waals surface area contributed by atoms with E-state index < -0.39 is 27.7 Å². The van der Waals surface area contributed by atoms with Crippen molar-refractivity contribution in [1.82, 2.24) is 14.9 Å². The summed E-state index contributed by atoms with van der Waals surface area (Å²) in [5, 5.41) is 2.73. The molecule has 0 radical (unpaired) electrons. The first-order chi connectivity index (χ1) is 14.9. The molecule has 1 aliphatic heterocycles.